The number of fused-ring (bicyclic) bond motifs is 1. The quantitative estimate of drug-likeness (QED) is 0.713. The Morgan fingerprint density at radius 3 is 2.59 bits per heavy atom. The van der Waals surface area contributed by atoms with E-state index < -0.39 is 0 Å². The second kappa shape index (κ2) is 3.77. The molecule has 2 saturated heterocycles. The van der Waals surface area contributed by atoms with Gasteiger partial charge in [0.05, 0.1) is 11.1 Å². The second-order valence-electron chi connectivity index (χ2n) is 4.15. The van der Waals surface area contributed by atoms with Crippen LogP contribution in [0.2, 0.25) is 0 Å². The molecule has 2 atom stereocenters. The number of carbonyl (C=O) groups is 2. The lowest BCUT2D eigenvalue weighted by atomic mass is 10.2. The lowest BCUT2D eigenvalue weighted by molar-refractivity contribution is -0.119. The van der Waals surface area contributed by atoms with E-state index in [0.29, 0.717) is 11.4 Å². The maximum Gasteiger partial charge on any atom is 0.333 e. The minimum absolute atomic E-state index is 0.0881. The van der Waals surface area contributed by atoms with E-state index in [1.54, 1.807) is 28.8 Å². The standard InChI is InChI=1S/C12H12N2O2S/c1-8-13-10(7-17-8)11(15)14(12(13)16)9-5-3-2-4-6-9/h2-6,8,10H,7H2,1H3. The molecule has 88 valence electrons. The first-order valence-corrected chi connectivity index (χ1v) is 6.58. The molecule has 0 aromatic heterocycles. The highest BCUT2D eigenvalue weighted by Gasteiger charge is 2.51. The number of anilines is 1. The fourth-order valence-electron chi connectivity index (χ4n) is 2.30. The number of rotatable bonds is 1. The summed E-state index contributed by atoms with van der Waals surface area (Å²) in [5.41, 5.74) is 0.661. The van der Waals surface area contributed by atoms with Crippen LogP contribution in [0.3, 0.4) is 0 Å². The van der Waals surface area contributed by atoms with Crippen LogP contribution in [0.5, 0.6) is 0 Å². The molecule has 4 nitrogen and oxygen atoms in total. The van der Waals surface area contributed by atoms with Gasteiger partial charge in [0, 0.05) is 5.75 Å². The third kappa shape index (κ3) is 1.45. The van der Waals surface area contributed by atoms with Gasteiger partial charge >= 0.3 is 6.03 Å². The zero-order valence-electron chi connectivity index (χ0n) is 9.37. The smallest absolute Gasteiger partial charge is 0.299 e. The number of para-hydroxylation sites is 1. The van der Waals surface area contributed by atoms with Crippen molar-refractivity contribution in [3.05, 3.63) is 30.3 Å². The van der Waals surface area contributed by atoms with E-state index in [9.17, 15) is 9.59 Å². The van der Waals surface area contributed by atoms with Crippen LogP contribution in [0.4, 0.5) is 10.5 Å². The maximum absolute atomic E-state index is 12.2. The predicted octanol–water partition coefficient (Wildman–Crippen LogP) is 1.92. The summed E-state index contributed by atoms with van der Waals surface area (Å²) in [5, 5.41) is 0.0881. The Morgan fingerprint density at radius 2 is 1.94 bits per heavy atom. The molecule has 3 rings (SSSR count). The van der Waals surface area contributed by atoms with E-state index in [1.807, 2.05) is 25.1 Å². The third-order valence-corrected chi connectivity index (χ3v) is 4.37. The van der Waals surface area contributed by atoms with E-state index in [-0.39, 0.29) is 23.4 Å². The molecule has 0 bridgehead atoms. The number of benzene rings is 1. The first-order valence-electron chi connectivity index (χ1n) is 5.53. The molecule has 0 N–H and O–H groups in total. The van der Waals surface area contributed by atoms with Crippen molar-refractivity contribution in [2.24, 2.45) is 0 Å². The Balaban J connectivity index is 1.99. The van der Waals surface area contributed by atoms with Crippen molar-refractivity contribution in [3.8, 4) is 0 Å². The Morgan fingerprint density at radius 1 is 1.24 bits per heavy atom. The molecule has 0 spiro atoms. The topological polar surface area (TPSA) is 40.6 Å². The van der Waals surface area contributed by atoms with Crippen LogP contribution in [-0.4, -0.2) is 34.0 Å². The summed E-state index contributed by atoms with van der Waals surface area (Å²) in [6.45, 7) is 1.96. The minimum Gasteiger partial charge on any atom is -0.299 e. The number of hydrogen-bond acceptors (Lipinski definition) is 3. The summed E-state index contributed by atoms with van der Waals surface area (Å²) in [5.74, 6) is 0.604. The van der Waals surface area contributed by atoms with Gasteiger partial charge in [0.2, 0.25) is 0 Å². The Hall–Kier alpha value is -1.49. The van der Waals surface area contributed by atoms with Crippen LogP contribution < -0.4 is 4.90 Å². The lowest BCUT2D eigenvalue weighted by Crippen LogP contribution is -2.35. The monoisotopic (exact) mass is 248 g/mol. The largest absolute Gasteiger partial charge is 0.333 e. The summed E-state index contributed by atoms with van der Waals surface area (Å²) in [4.78, 5) is 27.4. The molecule has 0 aliphatic carbocycles. The highest BCUT2D eigenvalue weighted by molar-refractivity contribution is 8.00. The Kier molecular flexibility index (Phi) is 2.36. The van der Waals surface area contributed by atoms with E-state index in [4.69, 9.17) is 0 Å². The van der Waals surface area contributed by atoms with Crippen LogP contribution in [-0.2, 0) is 4.79 Å². The van der Waals surface area contributed by atoms with Gasteiger partial charge in [-0.3, -0.25) is 9.69 Å². The minimum atomic E-state index is -0.275. The number of amides is 3. The van der Waals surface area contributed by atoms with Crippen molar-refractivity contribution in [3.63, 3.8) is 0 Å². The molecule has 17 heavy (non-hydrogen) atoms. The number of carbonyl (C=O) groups excluding carboxylic acids is 2. The van der Waals surface area contributed by atoms with Crippen LogP contribution in [0.1, 0.15) is 6.92 Å². The van der Waals surface area contributed by atoms with Gasteiger partial charge < -0.3 is 0 Å². The number of imide groups is 1. The summed E-state index contributed by atoms with van der Waals surface area (Å²) in [6.07, 6.45) is 0. The summed E-state index contributed by atoms with van der Waals surface area (Å²) >= 11 is 1.65. The molecule has 2 aliphatic rings. The molecule has 0 radical (unpaired) electrons. The summed E-state index contributed by atoms with van der Waals surface area (Å²) < 4.78 is 0. The van der Waals surface area contributed by atoms with E-state index >= 15 is 0 Å². The van der Waals surface area contributed by atoms with Gasteiger partial charge in [-0.2, -0.15) is 0 Å². The van der Waals surface area contributed by atoms with Crippen molar-refractivity contribution in [1.29, 1.82) is 0 Å². The van der Waals surface area contributed by atoms with Gasteiger partial charge in [-0.25, -0.2) is 9.69 Å². The summed E-state index contributed by atoms with van der Waals surface area (Å²) in [6, 6.07) is 8.64. The van der Waals surface area contributed by atoms with Crippen molar-refractivity contribution in [1.82, 2.24) is 4.90 Å². The molecule has 1 aromatic rings. The van der Waals surface area contributed by atoms with Gasteiger partial charge in [0.15, 0.2) is 0 Å². The van der Waals surface area contributed by atoms with Crippen LogP contribution in [0, 0.1) is 0 Å². The lowest BCUT2D eigenvalue weighted by Gasteiger charge is -2.19. The van der Waals surface area contributed by atoms with Gasteiger partial charge in [-0.1, -0.05) is 18.2 Å². The van der Waals surface area contributed by atoms with E-state index in [0.717, 1.165) is 0 Å². The average molecular weight is 248 g/mol. The highest BCUT2D eigenvalue weighted by atomic mass is 32.2. The molecule has 1 aromatic carbocycles. The Labute approximate surface area is 104 Å². The van der Waals surface area contributed by atoms with Gasteiger partial charge in [-0.15, -0.1) is 11.8 Å². The average Bonchev–Trinajstić information content (AvgIpc) is 2.82. The maximum atomic E-state index is 12.2. The predicted molar refractivity (Wildman–Crippen MR) is 66.9 cm³/mol. The summed E-state index contributed by atoms with van der Waals surface area (Å²) in [7, 11) is 0. The first-order chi connectivity index (χ1) is 8.20. The third-order valence-electron chi connectivity index (χ3n) is 3.15. The molecule has 2 unspecified atom stereocenters. The van der Waals surface area contributed by atoms with E-state index in [2.05, 4.69) is 0 Å². The SMILES string of the molecule is CC1SCC2C(=O)N(c3ccccc3)C(=O)N12. The second-order valence-corrected chi connectivity index (χ2v) is 5.50. The number of hydrogen-bond donors (Lipinski definition) is 0. The number of thioether (sulfide) groups is 1. The fraction of sp³-hybridized carbons (Fsp3) is 0.333. The molecule has 3 amide bonds. The van der Waals surface area contributed by atoms with Crippen molar-refractivity contribution >= 4 is 29.4 Å². The first kappa shape index (κ1) is 10.7. The zero-order chi connectivity index (χ0) is 12.0. The molecule has 2 fully saturated rings. The van der Waals surface area contributed by atoms with Crippen LogP contribution in [0.15, 0.2) is 30.3 Å². The van der Waals surface area contributed by atoms with Crippen LogP contribution in [0.25, 0.3) is 0 Å². The Bertz CT molecular complexity index is 477. The number of urea groups is 1. The van der Waals surface area contributed by atoms with Crippen molar-refractivity contribution in [2.75, 3.05) is 10.7 Å². The van der Waals surface area contributed by atoms with Crippen molar-refractivity contribution in [2.45, 2.75) is 18.3 Å². The van der Waals surface area contributed by atoms with Crippen molar-refractivity contribution < 1.29 is 9.59 Å². The molecule has 2 aliphatic heterocycles. The number of nitrogens with zero attached hydrogens (tertiary/aromatic N) is 2. The highest BCUT2D eigenvalue weighted by Crippen LogP contribution is 2.36. The molecule has 5 heteroatoms. The molecule has 0 saturated carbocycles. The van der Waals surface area contributed by atoms with Gasteiger partial charge in [0.1, 0.15) is 6.04 Å². The van der Waals surface area contributed by atoms with Gasteiger partial charge in [0.25, 0.3) is 5.91 Å². The zero-order valence-corrected chi connectivity index (χ0v) is 10.2. The van der Waals surface area contributed by atoms with Crippen LogP contribution >= 0.6 is 11.8 Å². The fourth-order valence-corrected chi connectivity index (χ4v) is 3.46. The molecule has 2 heterocycles. The molecular formula is C12H12N2O2S. The van der Waals surface area contributed by atoms with Gasteiger partial charge in [-0.05, 0) is 19.1 Å². The normalized spacial score (nSPS) is 27.8. The van der Waals surface area contributed by atoms with E-state index in [1.165, 1.54) is 4.90 Å². The molecular weight excluding hydrogens is 236 g/mol.